The molecule has 8 nitrogen and oxygen atoms in total. The molecule has 0 saturated heterocycles. The molecule has 3 N–H and O–H groups in total. The van der Waals surface area contributed by atoms with Gasteiger partial charge >= 0.3 is 0 Å². The molecular weight excluding hydrogens is 336 g/mol. The van der Waals surface area contributed by atoms with Gasteiger partial charge in [-0.25, -0.2) is 18.3 Å². The number of nitrogens with one attached hydrogen (secondary N) is 1. The van der Waals surface area contributed by atoms with Crippen molar-refractivity contribution in [2.75, 3.05) is 7.11 Å². The SMILES string of the molecule is COCc1cc(C(=O)NC2CC(F)(F)C2)n2nc(C)c(C(N)=O)c2n1. The van der Waals surface area contributed by atoms with Crippen LogP contribution in [0.2, 0.25) is 0 Å². The van der Waals surface area contributed by atoms with Crippen molar-refractivity contribution in [1.82, 2.24) is 19.9 Å². The van der Waals surface area contributed by atoms with E-state index in [0.29, 0.717) is 11.4 Å². The van der Waals surface area contributed by atoms with Crippen LogP contribution < -0.4 is 11.1 Å². The lowest BCUT2D eigenvalue weighted by Gasteiger charge is -2.35. The van der Waals surface area contributed by atoms with E-state index in [-0.39, 0.29) is 23.5 Å². The Labute approximate surface area is 141 Å². The molecule has 0 atom stereocenters. The molecule has 1 saturated carbocycles. The number of hydrogen-bond acceptors (Lipinski definition) is 5. The zero-order valence-electron chi connectivity index (χ0n) is 13.7. The number of alkyl halides is 2. The predicted molar refractivity (Wildman–Crippen MR) is 82.4 cm³/mol. The number of nitrogens with two attached hydrogens (primary N) is 1. The molecule has 0 aliphatic heterocycles. The standard InChI is InChI=1S/C15H17F2N5O3/c1-7-11(12(18)23)13-19-8(6-25-2)3-10(22(13)21-7)14(24)20-9-4-15(16,17)5-9/h3,9H,4-6H2,1-2H3,(H2,18,23)(H,20,24). The molecule has 25 heavy (non-hydrogen) atoms. The summed E-state index contributed by atoms with van der Waals surface area (Å²) < 4.78 is 32.1. The Morgan fingerprint density at radius 1 is 1.48 bits per heavy atom. The molecule has 0 spiro atoms. The molecule has 10 heteroatoms. The molecule has 0 radical (unpaired) electrons. The summed E-state index contributed by atoms with van der Waals surface area (Å²) in [6, 6.07) is 0.837. The molecule has 3 rings (SSSR count). The minimum Gasteiger partial charge on any atom is -0.378 e. The number of halogens is 2. The molecule has 2 aromatic rings. The van der Waals surface area contributed by atoms with Crippen molar-refractivity contribution >= 4 is 17.5 Å². The molecule has 1 aliphatic carbocycles. The minimum atomic E-state index is -2.74. The summed E-state index contributed by atoms with van der Waals surface area (Å²) in [5.41, 5.74) is 6.38. The smallest absolute Gasteiger partial charge is 0.270 e. The van der Waals surface area contributed by atoms with Crippen molar-refractivity contribution in [1.29, 1.82) is 0 Å². The number of aryl methyl sites for hydroxylation is 1. The van der Waals surface area contributed by atoms with E-state index < -0.39 is 36.6 Å². The zero-order valence-corrected chi connectivity index (χ0v) is 13.7. The highest BCUT2D eigenvalue weighted by Crippen LogP contribution is 2.37. The number of fused-ring (bicyclic) bond motifs is 1. The van der Waals surface area contributed by atoms with Crippen LogP contribution in [0.1, 0.15) is 45.1 Å². The minimum absolute atomic E-state index is 0.0721. The molecular formula is C15H17F2N5O3. The highest BCUT2D eigenvalue weighted by Gasteiger charge is 2.46. The third kappa shape index (κ3) is 3.16. The maximum atomic E-state index is 13.0. The van der Waals surface area contributed by atoms with Crippen molar-refractivity contribution in [2.24, 2.45) is 5.73 Å². The predicted octanol–water partition coefficient (Wildman–Crippen LogP) is 0.811. The topological polar surface area (TPSA) is 112 Å². The van der Waals surface area contributed by atoms with Gasteiger partial charge < -0.3 is 15.8 Å². The number of methoxy groups -OCH3 is 1. The second-order valence-electron chi connectivity index (χ2n) is 6.06. The maximum Gasteiger partial charge on any atom is 0.270 e. The van der Waals surface area contributed by atoms with E-state index in [9.17, 15) is 18.4 Å². The van der Waals surface area contributed by atoms with Crippen molar-refractivity contribution in [3.05, 3.63) is 28.7 Å². The van der Waals surface area contributed by atoms with E-state index in [2.05, 4.69) is 15.4 Å². The number of ether oxygens (including phenoxy) is 1. The summed E-state index contributed by atoms with van der Waals surface area (Å²) in [6.45, 7) is 1.67. The van der Waals surface area contributed by atoms with Crippen molar-refractivity contribution < 1.29 is 23.1 Å². The first-order chi connectivity index (χ1) is 11.7. The number of amides is 2. The average molecular weight is 353 g/mol. The summed E-state index contributed by atoms with van der Waals surface area (Å²) in [4.78, 5) is 28.4. The molecule has 2 heterocycles. The number of primary amides is 1. The fraction of sp³-hybridized carbons (Fsp3) is 0.467. The average Bonchev–Trinajstić information content (AvgIpc) is 2.80. The largest absolute Gasteiger partial charge is 0.378 e. The Balaban J connectivity index is 2.02. The number of nitrogens with zero attached hydrogens (tertiary/aromatic N) is 3. The van der Waals surface area contributed by atoms with Gasteiger partial charge in [-0.2, -0.15) is 5.10 Å². The lowest BCUT2D eigenvalue weighted by molar-refractivity contribution is -0.0901. The fourth-order valence-corrected chi connectivity index (χ4v) is 2.87. The summed E-state index contributed by atoms with van der Waals surface area (Å²) in [5.74, 6) is -4.04. The summed E-state index contributed by atoms with van der Waals surface area (Å²) in [6.07, 6.45) is -0.800. The highest BCUT2D eigenvalue weighted by atomic mass is 19.3. The molecule has 0 bridgehead atoms. The Morgan fingerprint density at radius 2 is 2.16 bits per heavy atom. The summed E-state index contributed by atoms with van der Waals surface area (Å²) in [7, 11) is 1.46. The monoisotopic (exact) mass is 353 g/mol. The van der Waals surface area contributed by atoms with Crippen LogP contribution in [0.15, 0.2) is 6.07 Å². The van der Waals surface area contributed by atoms with Gasteiger partial charge in [-0.1, -0.05) is 0 Å². The van der Waals surface area contributed by atoms with E-state index in [1.807, 2.05) is 0 Å². The number of rotatable bonds is 5. The van der Waals surface area contributed by atoms with Gasteiger partial charge in [-0.15, -0.1) is 0 Å². The van der Waals surface area contributed by atoms with Crippen molar-refractivity contribution in [3.63, 3.8) is 0 Å². The number of hydrogen-bond donors (Lipinski definition) is 2. The number of carbonyl (C=O) groups is 2. The Kier molecular flexibility index (Phi) is 4.15. The zero-order chi connectivity index (χ0) is 18.4. The van der Waals surface area contributed by atoms with Gasteiger partial charge in [0.25, 0.3) is 17.7 Å². The maximum absolute atomic E-state index is 13.0. The number of aromatic nitrogens is 3. The van der Waals surface area contributed by atoms with Gasteiger partial charge in [-0.05, 0) is 13.0 Å². The molecule has 2 aromatic heterocycles. The fourth-order valence-electron chi connectivity index (χ4n) is 2.87. The van der Waals surface area contributed by atoms with Crippen LogP contribution in [0, 0.1) is 6.92 Å². The van der Waals surface area contributed by atoms with Crippen LogP contribution >= 0.6 is 0 Å². The molecule has 1 fully saturated rings. The van der Waals surface area contributed by atoms with Crippen LogP contribution in [-0.2, 0) is 11.3 Å². The molecule has 2 amide bonds. The quantitative estimate of drug-likeness (QED) is 0.826. The van der Waals surface area contributed by atoms with E-state index in [4.69, 9.17) is 10.5 Å². The van der Waals surface area contributed by atoms with E-state index in [1.165, 1.54) is 17.7 Å². The van der Waals surface area contributed by atoms with Gasteiger partial charge in [0, 0.05) is 26.0 Å². The van der Waals surface area contributed by atoms with Crippen LogP contribution in [-0.4, -0.2) is 45.5 Å². The van der Waals surface area contributed by atoms with Crippen molar-refractivity contribution in [2.45, 2.75) is 38.3 Å². The molecule has 0 aromatic carbocycles. The summed E-state index contributed by atoms with van der Waals surface area (Å²) in [5, 5.41) is 6.68. The lowest BCUT2D eigenvalue weighted by Crippen LogP contribution is -2.50. The van der Waals surface area contributed by atoms with Gasteiger partial charge in [0.2, 0.25) is 0 Å². The first kappa shape index (κ1) is 17.2. The first-order valence-corrected chi connectivity index (χ1v) is 7.58. The van der Waals surface area contributed by atoms with Crippen molar-refractivity contribution in [3.8, 4) is 0 Å². The molecule has 134 valence electrons. The van der Waals surface area contributed by atoms with Crippen LogP contribution in [0.4, 0.5) is 8.78 Å². The van der Waals surface area contributed by atoms with Crippen LogP contribution in [0.25, 0.3) is 5.65 Å². The third-order valence-corrected chi connectivity index (χ3v) is 4.01. The molecule has 0 unspecified atom stereocenters. The second-order valence-corrected chi connectivity index (χ2v) is 6.06. The van der Waals surface area contributed by atoms with Gasteiger partial charge in [0.05, 0.1) is 18.0 Å². The number of carbonyl (C=O) groups excluding carboxylic acids is 2. The van der Waals surface area contributed by atoms with E-state index in [0.717, 1.165) is 0 Å². The first-order valence-electron chi connectivity index (χ1n) is 7.58. The summed E-state index contributed by atoms with van der Waals surface area (Å²) >= 11 is 0. The third-order valence-electron chi connectivity index (χ3n) is 4.01. The van der Waals surface area contributed by atoms with Gasteiger partial charge in [0.15, 0.2) is 5.65 Å². The normalized spacial score (nSPS) is 16.6. The van der Waals surface area contributed by atoms with Gasteiger partial charge in [-0.3, -0.25) is 9.59 Å². The van der Waals surface area contributed by atoms with Crippen LogP contribution in [0.3, 0.4) is 0 Å². The van der Waals surface area contributed by atoms with E-state index in [1.54, 1.807) is 6.92 Å². The van der Waals surface area contributed by atoms with Gasteiger partial charge in [0.1, 0.15) is 11.3 Å². The Bertz CT molecular complexity index is 856. The van der Waals surface area contributed by atoms with Crippen LogP contribution in [0.5, 0.6) is 0 Å². The van der Waals surface area contributed by atoms with E-state index >= 15 is 0 Å². The second kappa shape index (κ2) is 6.03. The molecule has 1 aliphatic rings. The Morgan fingerprint density at radius 3 is 2.72 bits per heavy atom. The highest BCUT2D eigenvalue weighted by molar-refractivity contribution is 6.01. The Hall–Kier alpha value is -2.62. The lowest BCUT2D eigenvalue weighted by atomic mass is 9.88.